The molecule has 3 rings (SSSR count). The van der Waals surface area contributed by atoms with Crippen LogP contribution < -0.4 is 10.6 Å². The first kappa shape index (κ1) is 36.6. The Morgan fingerprint density at radius 1 is 0.913 bits per heavy atom. The number of ether oxygens (including phenoxy) is 2. The molecule has 1 aromatic rings. The van der Waals surface area contributed by atoms with Crippen molar-refractivity contribution in [3.8, 4) is 0 Å². The van der Waals surface area contributed by atoms with E-state index in [9.17, 15) is 19.2 Å². The number of nitrogens with one attached hydrogen (secondary N) is 2. The Hall–Kier alpha value is -3.82. The van der Waals surface area contributed by atoms with E-state index in [2.05, 4.69) is 43.6 Å². The quantitative estimate of drug-likeness (QED) is 0.246. The molecule has 1 aromatic carbocycles. The summed E-state index contributed by atoms with van der Waals surface area (Å²) >= 11 is 0. The summed E-state index contributed by atoms with van der Waals surface area (Å²) in [6, 6.07) is 9.67. The number of carbonyl (C=O) groups is 4. The van der Waals surface area contributed by atoms with Gasteiger partial charge in [-0.3, -0.25) is 9.59 Å². The van der Waals surface area contributed by atoms with E-state index in [4.69, 9.17) is 9.47 Å². The first-order valence-corrected chi connectivity index (χ1v) is 16.5. The minimum atomic E-state index is -0.509. The van der Waals surface area contributed by atoms with Crippen molar-refractivity contribution in [1.29, 1.82) is 0 Å². The van der Waals surface area contributed by atoms with Crippen molar-refractivity contribution >= 4 is 24.0 Å². The van der Waals surface area contributed by atoms with E-state index >= 15 is 0 Å². The largest absolute Gasteiger partial charge is 0.464 e. The third kappa shape index (κ3) is 13.3. The van der Waals surface area contributed by atoms with Crippen molar-refractivity contribution in [2.45, 2.75) is 72.1 Å². The average molecular weight is 639 g/mol. The molecule has 0 aromatic heterocycles. The SMILES string of the molecule is CN(CCOC(=O)NCC1(C)CC(CC(=O)OCCN(C)C(=O)NCC2=CCCC=C2)CC(C)(C)C1)C(=O)CCc1ccccc1. The first-order chi connectivity index (χ1) is 21.8. The molecule has 2 aliphatic carbocycles. The zero-order valence-electron chi connectivity index (χ0n) is 28.4. The number of allylic oxidation sites excluding steroid dienone is 2. The molecular formula is C36H54N4O6. The average Bonchev–Trinajstić information content (AvgIpc) is 3.01. The van der Waals surface area contributed by atoms with Crippen LogP contribution in [0.3, 0.4) is 0 Å². The Morgan fingerprint density at radius 2 is 1.63 bits per heavy atom. The van der Waals surface area contributed by atoms with Crippen LogP contribution in [0.1, 0.15) is 71.3 Å². The van der Waals surface area contributed by atoms with Gasteiger partial charge in [0.15, 0.2) is 0 Å². The monoisotopic (exact) mass is 638 g/mol. The number of amides is 4. The van der Waals surface area contributed by atoms with Gasteiger partial charge in [-0.2, -0.15) is 0 Å². The van der Waals surface area contributed by atoms with Crippen LogP contribution >= 0.6 is 0 Å². The van der Waals surface area contributed by atoms with Crippen LogP contribution in [-0.2, 0) is 25.5 Å². The summed E-state index contributed by atoms with van der Waals surface area (Å²) in [6.45, 7) is 8.32. The van der Waals surface area contributed by atoms with Crippen LogP contribution in [-0.4, -0.2) is 87.3 Å². The molecular weight excluding hydrogens is 584 g/mol. The minimum Gasteiger partial charge on any atom is -0.464 e. The number of alkyl carbamates (subject to hydrolysis) is 1. The number of likely N-dealkylation sites (N-methyl/N-ethyl adjacent to an activating group) is 2. The Labute approximate surface area is 274 Å². The van der Waals surface area contributed by atoms with Gasteiger partial charge in [0.25, 0.3) is 0 Å². The molecule has 0 heterocycles. The lowest BCUT2D eigenvalue weighted by molar-refractivity contribution is -0.146. The Bertz CT molecular complexity index is 1230. The van der Waals surface area contributed by atoms with Gasteiger partial charge in [-0.25, -0.2) is 9.59 Å². The summed E-state index contributed by atoms with van der Waals surface area (Å²) in [5, 5.41) is 5.81. The molecule has 0 saturated heterocycles. The summed E-state index contributed by atoms with van der Waals surface area (Å²) in [7, 11) is 3.40. The van der Waals surface area contributed by atoms with E-state index < -0.39 is 6.09 Å². The molecule has 1 fully saturated rings. The highest BCUT2D eigenvalue weighted by molar-refractivity contribution is 5.76. The van der Waals surface area contributed by atoms with Crippen LogP contribution in [0, 0.1) is 16.7 Å². The second kappa shape index (κ2) is 17.8. The van der Waals surface area contributed by atoms with Crippen molar-refractivity contribution < 1.29 is 28.7 Å². The molecule has 254 valence electrons. The Morgan fingerprint density at radius 3 is 2.35 bits per heavy atom. The number of hydrogen-bond donors (Lipinski definition) is 2. The number of hydrogen-bond acceptors (Lipinski definition) is 6. The second-order valence-corrected chi connectivity index (χ2v) is 14.0. The molecule has 2 N–H and O–H groups in total. The number of aryl methyl sites for hydroxylation is 1. The molecule has 2 unspecified atom stereocenters. The number of rotatable bonds is 15. The van der Waals surface area contributed by atoms with E-state index in [0.717, 1.165) is 43.2 Å². The second-order valence-electron chi connectivity index (χ2n) is 14.0. The predicted molar refractivity (Wildman–Crippen MR) is 179 cm³/mol. The maximum absolute atomic E-state index is 12.7. The van der Waals surface area contributed by atoms with Gasteiger partial charge in [-0.1, -0.05) is 69.3 Å². The van der Waals surface area contributed by atoms with Crippen LogP contribution in [0.2, 0.25) is 0 Å². The van der Waals surface area contributed by atoms with Gasteiger partial charge in [0.1, 0.15) is 13.2 Å². The molecule has 4 amide bonds. The molecule has 0 bridgehead atoms. The molecule has 1 saturated carbocycles. The zero-order chi connectivity index (χ0) is 33.6. The minimum absolute atomic E-state index is 0.00633. The highest BCUT2D eigenvalue weighted by Gasteiger charge is 2.42. The molecule has 46 heavy (non-hydrogen) atoms. The Kier molecular flexibility index (Phi) is 14.2. The smallest absolute Gasteiger partial charge is 0.407 e. The molecule has 2 aliphatic rings. The lowest BCUT2D eigenvalue weighted by Crippen LogP contribution is -2.44. The highest BCUT2D eigenvalue weighted by Crippen LogP contribution is 2.49. The van der Waals surface area contributed by atoms with Crippen LogP contribution in [0.4, 0.5) is 9.59 Å². The van der Waals surface area contributed by atoms with Gasteiger partial charge in [-0.05, 0) is 66.4 Å². The number of benzene rings is 1. The summed E-state index contributed by atoms with van der Waals surface area (Å²) in [6.07, 6.45) is 11.7. The highest BCUT2D eigenvalue weighted by atomic mass is 16.5. The van der Waals surface area contributed by atoms with Gasteiger partial charge in [0.05, 0.1) is 13.1 Å². The third-order valence-electron chi connectivity index (χ3n) is 8.75. The van der Waals surface area contributed by atoms with Gasteiger partial charge in [-0.15, -0.1) is 0 Å². The normalized spacial score (nSPS) is 20.2. The van der Waals surface area contributed by atoms with Crippen molar-refractivity contribution in [1.82, 2.24) is 20.4 Å². The molecule has 0 aliphatic heterocycles. The van der Waals surface area contributed by atoms with Gasteiger partial charge in [0.2, 0.25) is 5.91 Å². The predicted octanol–water partition coefficient (Wildman–Crippen LogP) is 5.49. The van der Waals surface area contributed by atoms with Crippen LogP contribution in [0.5, 0.6) is 0 Å². The van der Waals surface area contributed by atoms with Crippen molar-refractivity contribution in [2.24, 2.45) is 16.7 Å². The van der Waals surface area contributed by atoms with E-state index in [-0.39, 0.29) is 47.9 Å². The maximum Gasteiger partial charge on any atom is 0.407 e. The molecule has 10 nitrogen and oxygen atoms in total. The standard InChI is InChI=1S/C36H54N4O6/c1-35(2)23-30(22-32(42)45-20-19-40(5)33(43)37-25-29-14-10-7-11-15-29)24-36(3,26-35)27-38-34(44)46-21-18-39(4)31(41)17-16-28-12-8-6-9-13-28/h6,8-10,12-15,30H,7,11,16-27H2,1-5H3,(H,37,43)(H,38,44). The van der Waals surface area contributed by atoms with Crippen LogP contribution in [0.25, 0.3) is 0 Å². The van der Waals surface area contributed by atoms with Crippen LogP contribution in [0.15, 0.2) is 54.1 Å². The maximum atomic E-state index is 12.7. The number of urea groups is 1. The van der Waals surface area contributed by atoms with E-state index in [1.807, 2.05) is 36.4 Å². The number of carbonyl (C=O) groups excluding carboxylic acids is 4. The first-order valence-electron chi connectivity index (χ1n) is 16.5. The fraction of sp³-hybridized carbons (Fsp3) is 0.611. The van der Waals surface area contributed by atoms with E-state index in [1.54, 1.807) is 19.0 Å². The summed E-state index contributed by atoms with van der Waals surface area (Å²) in [4.78, 5) is 53.2. The fourth-order valence-electron chi connectivity index (χ4n) is 6.76. The molecule has 2 atom stereocenters. The van der Waals surface area contributed by atoms with Gasteiger partial charge >= 0.3 is 18.1 Å². The van der Waals surface area contributed by atoms with Gasteiger partial charge in [0, 0.05) is 40.0 Å². The van der Waals surface area contributed by atoms with Crippen molar-refractivity contribution in [3.05, 3.63) is 59.7 Å². The van der Waals surface area contributed by atoms with E-state index in [1.165, 1.54) is 4.90 Å². The molecule has 10 heteroatoms. The lowest BCUT2D eigenvalue weighted by atomic mass is 9.60. The summed E-state index contributed by atoms with van der Waals surface area (Å²) in [5.41, 5.74) is 1.99. The Balaban J connectivity index is 1.33. The fourth-order valence-corrected chi connectivity index (χ4v) is 6.76. The number of nitrogens with zero attached hydrogens (tertiary/aromatic N) is 2. The molecule has 0 radical (unpaired) electrons. The zero-order valence-corrected chi connectivity index (χ0v) is 28.4. The lowest BCUT2D eigenvalue weighted by Gasteiger charge is -2.46. The summed E-state index contributed by atoms with van der Waals surface area (Å²) in [5.74, 6) is -0.147. The van der Waals surface area contributed by atoms with Crippen molar-refractivity contribution in [3.63, 3.8) is 0 Å². The van der Waals surface area contributed by atoms with Crippen molar-refractivity contribution in [2.75, 3.05) is 53.5 Å². The van der Waals surface area contributed by atoms with E-state index in [0.29, 0.717) is 45.4 Å². The summed E-state index contributed by atoms with van der Waals surface area (Å²) < 4.78 is 10.9. The van der Waals surface area contributed by atoms with Gasteiger partial charge < -0.3 is 29.9 Å². The third-order valence-corrected chi connectivity index (χ3v) is 8.75. The molecule has 0 spiro atoms. The topological polar surface area (TPSA) is 117 Å². The number of esters is 1.